The van der Waals surface area contributed by atoms with Gasteiger partial charge in [0.15, 0.2) is 5.78 Å². The molecular weight excluding hydrogens is 358 g/mol. The summed E-state index contributed by atoms with van der Waals surface area (Å²) in [4.78, 5) is 15.9. The van der Waals surface area contributed by atoms with Crippen LogP contribution in [0.2, 0.25) is 19.6 Å². The van der Waals surface area contributed by atoms with E-state index in [1.165, 1.54) is 30.0 Å². The van der Waals surface area contributed by atoms with Gasteiger partial charge in [-0.3, -0.25) is 9.69 Å². The van der Waals surface area contributed by atoms with Gasteiger partial charge in [-0.2, -0.15) is 0 Å². The number of fused-ring (bicyclic) bond motifs is 2. The first-order valence-corrected chi connectivity index (χ1v) is 14.4. The predicted octanol–water partition coefficient (Wildman–Crippen LogP) is 5.25. The van der Waals surface area contributed by atoms with Gasteiger partial charge in [0.25, 0.3) is 0 Å². The van der Waals surface area contributed by atoms with Gasteiger partial charge in [-0.1, -0.05) is 85.8 Å². The lowest BCUT2D eigenvalue weighted by Crippen LogP contribution is -2.52. The van der Waals surface area contributed by atoms with Crippen molar-refractivity contribution >= 4 is 19.0 Å². The Bertz CT molecular complexity index is 795. The van der Waals surface area contributed by atoms with Crippen molar-refractivity contribution in [3.8, 4) is 0 Å². The summed E-state index contributed by atoms with van der Waals surface area (Å²) in [6.45, 7) is 8.09. The van der Waals surface area contributed by atoms with E-state index in [2.05, 4.69) is 79.1 Å². The number of rotatable bonds is 5. The van der Waals surface area contributed by atoms with Gasteiger partial charge in [0.05, 0.1) is 8.07 Å². The Morgan fingerprint density at radius 1 is 0.929 bits per heavy atom. The first-order valence-electron chi connectivity index (χ1n) is 10.9. The molecule has 2 fully saturated rings. The zero-order valence-corrected chi connectivity index (χ0v) is 18.5. The van der Waals surface area contributed by atoms with E-state index in [9.17, 15) is 4.79 Å². The van der Waals surface area contributed by atoms with Gasteiger partial charge in [0, 0.05) is 30.1 Å². The fourth-order valence-corrected chi connectivity index (χ4v) is 6.28. The van der Waals surface area contributed by atoms with E-state index in [1.54, 1.807) is 0 Å². The van der Waals surface area contributed by atoms with Crippen molar-refractivity contribution in [3.63, 3.8) is 0 Å². The largest absolute Gasteiger partial charge is 0.294 e. The summed E-state index contributed by atoms with van der Waals surface area (Å²) in [6, 6.07) is 20.5. The van der Waals surface area contributed by atoms with Crippen molar-refractivity contribution in [1.29, 1.82) is 0 Å². The molecule has 2 aliphatic rings. The molecule has 0 N–H and O–H groups in total. The molecule has 2 aliphatic heterocycles. The Labute approximate surface area is 171 Å². The number of piperidine rings is 2. The zero-order valence-electron chi connectivity index (χ0n) is 17.5. The minimum Gasteiger partial charge on any atom is -0.294 e. The number of ketones is 1. The Balaban J connectivity index is 1.47. The van der Waals surface area contributed by atoms with Gasteiger partial charge < -0.3 is 0 Å². The minimum atomic E-state index is -1.31. The average Bonchev–Trinajstić information content (AvgIpc) is 2.67. The van der Waals surface area contributed by atoms with Gasteiger partial charge in [-0.15, -0.1) is 0 Å². The van der Waals surface area contributed by atoms with Gasteiger partial charge in [0.2, 0.25) is 0 Å². The Morgan fingerprint density at radius 2 is 1.54 bits per heavy atom. The van der Waals surface area contributed by atoms with Crippen LogP contribution in [0.3, 0.4) is 0 Å². The van der Waals surface area contributed by atoms with Crippen LogP contribution in [0, 0.1) is 5.92 Å². The molecule has 2 atom stereocenters. The van der Waals surface area contributed by atoms with Gasteiger partial charge in [0.1, 0.15) is 0 Å². The highest BCUT2D eigenvalue weighted by Crippen LogP contribution is 2.39. The summed E-state index contributed by atoms with van der Waals surface area (Å²) in [5.41, 5.74) is 2.31. The smallest absolute Gasteiger partial charge is 0.166 e. The van der Waals surface area contributed by atoms with Crippen molar-refractivity contribution in [2.24, 2.45) is 5.92 Å². The van der Waals surface area contributed by atoms with E-state index >= 15 is 0 Å². The fourth-order valence-electron chi connectivity index (χ4n) is 5.12. The molecule has 2 heterocycles. The molecule has 0 radical (unpaired) electrons. The molecule has 0 saturated carbocycles. The van der Waals surface area contributed by atoms with E-state index in [1.807, 2.05) is 0 Å². The SMILES string of the molecule is C[Si](C)(C)c1ccc(C(=O)C2CC3CCCC(C2)N3Cc2ccccc2)cc1. The maximum Gasteiger partial charge on any atom is 0.166 e. The summed E-state index contributed by atoms with van der Waals surface area (Å²) >= 11 is 0. The number of Topliss-reactive ketones (excluding diaryl/α,β-unsaturated/α-hetero) is 1. The second kappa shape index (κ2) is 7.96. The highest BCUT2D eigenvalue weighted by atomic mass is 28.3. The first-order chi connectivity index (χ1) is 13.4. The molecule has 0 amide bonds. The van der Waals surface area contributed by atoms with Crippen LogP contribution in [0.25, 0.3) is 0 Å². The molecule has 148 valence electrons. The van der Waals surface area contributed by atoms with Gasteiger partial charge >= 0.3 is 0 Å². The van der Waals surface area contributed by atoms with Crippen LogP contribution in [0.4, 0.5) is 0 Å². The van der Waals surface area contributed by atoms with Crippen LogP contribution in [0.1, 0.15) is 48.0 Å². The number of carbonyl (C=O) groups excluding carboxylic acids is 1. The van der Waals surface area contributed by atoms with Crippen LogP contribution in [-0.2, 0) is 6.54 Å². The first kappa shape index (κ1) is 19.6. The van der Waals surface area contributed by atoms with Crippen molar-refractivity contribution in [2.75, 3.05) is 0 Å². The third-order valence-electron chi connectivity index (χ3n) is 6.74. The quantitative estimate of drug-likeness (QED) is 0.513. The van der Waals surface area contributed by atoms with Crippen LogP contribution in [0.5, 0.6) is 0 Å². The molecule has 3 heteroatoms. The predicted molar refractivity (Wildman–Crippen MR) is 120 cm³/mol. The number of hydrogen-bond acceptors (Lipinski definition) is 2. The van der Waals surface area contributed by atoms with Crippen molar-refractivity contribution in [2.45, 2.75) is 70.4 Å². The molecule has 2 aromatic rings. The Hall–Kier alpha value is -1.71. The number of benzene rings is 2. The molecule has 2 saturated heterocycles. The molecule has 2 aromatic carbocycles. The van der Waals surface area contributed by atoms with E-state index in [0.29, 0.717) is 17.9 Å². The van der Waals surface area contributed by atoms with Gasteiger partial charge in [-0.25, -0.2) is 0 Å². The second-order valence-electron chi connectivity index (χ2n) is 9.76. The standard InChI is InChI=1S/C25H33NOSi/c1-28(2,3)24-14-12-20(13-15-24)25(27)21-16-22-10-7-11-23(17-21)26(22)18-19-8-5-4-6-9-19/h4-6,8-9,12-15,21-23H,7,10-11,16-18H2,1-3H3. The maximum atomic E-state index is 13.2. The van der Waals surface area contributed by atoms with Crippen LogP contribution in [0.15, 0.2) is 54.6 Å². The molecular formula is C25H33NOSi. The highest BCUT2D eigenvalue weighted by molar-refractivity contribution is 6.88. The summed E-state index contributed by atoms with van der Waals surface area (Å²) in [5, 5.41) is 1.43. The van der Waals surface area contributed by atoms with Crippen LogP contribution in [-0.4, -0.2) is 30.8 Å². The highest BCUT2D eigenvalue weighted by Gasteiger charge is 2.40. The molecule has 28 heavy (non-hydrogen) atoms. The molecule has 4 rings (SSSR count). The lowest BCUT2D eigenvalue weighted by molar-refractivity contribution is 0.00906. The van der Waals surface area contributed by atoms with E-state index < -0.39 is 8.07 Å². The second-order valence-corrected chi connectivity index (χ2v) is 14.8. The minimum absolute atomic E-state index is 0.194. The fraction of sp³-hybridized carbons (Fsp3) is 0.480. The normalized spacial score (nSPS) is 25.5. The summed E-state index contributed by atoms with van der Waals surface area (Å²) in [6.07, 6.45) is 5.84. The molecule has 2 nitrogen and oxygen atoms in total. The summed E-state index contributed by atoms with van der Waals surface area (Å²) in [7, 11) is -1.31. The zero-order chi connectivity index (χ0) is 19.7. The molecule has 2 unspecified atom stereocenters. The van der Waals surface area contributed by atoms with Crippen molar-refractivity contribution in [1.82, 2.24) is 4.90 Å². The van der Waals surface area contributed by atoms with Crippen LogP contribution < -0.4 is 5.19 Å². The van der Waals surface area contributed by atoms with E-state index in [0.717, 1.165) is 24.9 Å². The Morgan fingerprint density at radius 3 is 2.11 bits per heavy atom. The molecule has 2 bridgehead atoms. The molecule has 0 aromatic heterocycles. The third kappa shape index (κ3) is 4.16. The summed E-state index contributed by atoms with van der Waals surface area (Å²) < 4.78 is 0. The average molecular weight is 392 g/mol. The van der Waals surface area contributed by atoms with Crippen molar-refractivity contribution in [3.05, 3.63) is 65.7 Å². The lowest BCUT2D eigenvalue weighted by atomic mass is 9.75. The number of nitrogens with zero attached hydrogens (tertiary/aromatic N) is 1. The van der Waals surface area contributed by atoms with Crippen molar-refractivity contribution < 1.29 is 4.79 Å². The monoisotopic (exact) mass is 391 g/mol. The topological polar surface area (TPSA) is 20.3 Å². The van der Waals surface area contributed by atoms with Crippen LogP contribution >= 0.6 is 0 Å². The number of hydrogen-bond donors (Lipinski definition) is 0. The lowest BCUT2D eigenvalue weighted by Gasteiger charge is -2.48. The van der Waals surface area contributed by atoms with E-state index in [-0.39, 0.29) is 5.92 Å². The third-order valence-corrected chi connectivity index (χ3v) is 8.81. The molecule has 0 spiro atoms. The summed E-state index contributed by atoms with van der Waals surface area (Å²) in [5.74, 6) is 0.568. The van der Waals surface area contributed by atoms with Gasteiger partial charge in [-0.05, 0) is 31.2 Å². The Kier molecular flexibility index (Phi) is 5.57. The maximum absolute atomic E-state index is 13.2. The number of carbonyl (C=O) groups is 1. The van der Waals surface area contributed by atoms with E-state index in [4.69, 9.17) is 0 Å². The molecule has 0 aliphatic carbocycles.